The number of halogens is 1. The van der Waals surface area contributed by atoms with Gasteiger partial charge in [0.15, 0.2) is 0 Å². The molecule has 1 saturated carbocycles. The van der Waals surface area contributed by atoms with Crippen LogP contribution in [0.15, 0.2) is 15.9 Å². The van der Waals surface area contributed by atoms with Crippen LogP contribution in [0.1, 0.15) is 43.9 Å². The van der Waals surface area contributed by atoms with Crippen LogP contribution in [0.5, 0.6) is 0 Å². The van der Waals surface area contributed by atoms with E-state index in [4.69, 9.17) is 0 Å². The third-order valence-electron chi connectivity index (χ3n) is 3.64. The highest BCUT2D eigenvalue weighted by atomic mass is 79.9. The molecule has 0 radical (unpaired) electrons. The second kappa shape index (κ2) is 5.19. The van der Waals surface area contributed by atoms with Gasteiger partial charge < -0.3 is 5.11 Å². The zero-order valence-corrected chi connectivity index (χ0v) is 12.1. The lowest BCUT2D eigenvalue weighted by molar-refractivity contribution is -0.0153. The van der Waals surface area contributed by atoms with Crippen molar-refractivity contribution in [1.82, 2.24) is 0 Å². The summed E-state index contributed by atoms with van der Waals surface area (Å²) in [6, 6.07) is 2.13. The fourth-order valence-corrected chi connectivity index (χ4v) is 4.28. The minimum absolute atomic E-state index is 0.488. The highest BCUT2D eigenvalue weighted by molar-refractivity contribution is 9.10. The largest absolute Gasteiger partial charge is 0.390 e. The fraction of sp³-hybridized carbons (Fsp3) is 0.692. The van der Waals surface area contributed by atoms with E-state index in [0.717, 1.165) is 10.9 Å². The molecule has 0 amide bonds. The van der Waals surface area contributed by atoms with Crippen molar-refractivity contribution in [3.63, 3.8) is 0 Å². The first-order valence-electron chi connectivity index (χ1n) is 6.03. The van der Waals surface area contributed by atoms with Gasteiger partial charge in [-0.3, -0.25) is 0 Å². The molecule has 1 heterocycles. The normalized spacial score (nSPS) is 21.9. The van der Waals surface area contributed by atoms with Gasteiger partial charge in [0.25, 0.3) is 0 Å². The zero-order valence-electron chi connectivity index (χ0n) is 9.71. The van der Waals surface area contributed by atoms with Crippen molar-refractivity contribution >= 4 is 27.3 Å². The maximum absolute atomic E-state index is 10.6. The van der Waals surface area contributed by atoms with Crippen molar-refractivity contribution in [1.29, 1.82) is 0 Å². The van der Waals surface area contributed by atoms with E-state index in [2.05, 4.69) is 27.4 Å². The molecule has 0 spiro atoms. The predicted octanol–water partition coefficient (Wildman–Crippen LogP) is 4.38. The van der Waals surface area contributed by atoms with E-state index in [1.165, 1.54) is 37.0 Å². The number of aliphatic hydroxyl groups is 1. The number of rotatable bonds is 3. The lowest BCUT2D eigenvalue weighted by atomic mass is 9.76. The smallest absolute Gasteiger partial charge is 0.0695 e. The van der Waals surface area contributed by atoms with Crippen molar-refractivity contribution in [2.24, 2.45) is 5.92 Å². The molecule has 2 rings (SSSR count). The molecule has 1 aromatic heterocycles. The lowest BCUT2D eigenvalue weighted by Gasteiger charge is -2.35. The van der Waals surface area contributed by atoms with Crippen molar-refractivity contribution in [3.8, 4) is 0 Å². The Bertz CT molecular complexity index is 339. The third kappa shape index (κ3) is 3.08. The Labute approximate surface area is 110 Å². The van der Waals surface area contributed by atoms with Gasteiger partial charge in [0.1, 0.15) is 0 Å². The van der Waals surface area contributed by atoms with Crippen LogP contribution >= 0.6 is 27.3 Å². The van der Waals surface area contributed by atoms with Gasteiger partial charge in [-0.05, 0) is 47.7 Å². The van der Waals surface area contributed by atoms with Crippen LogP contribution in [0, 0.1) is 5.92 Å². The van der Waals surface area contributed by atoms with Crippen LogP contribution in [0.3, 0.4) is 0 Å². The van der Waals surface area contributed by atoms with Crippen LogP contribution in [0.25, 0.3) is 0 Å². The molecule has 1 atom stereocenters. The molecule has 1 aliphatic rings. The van der Waals surface area contributed by atoms with Crippen molar-refractivity contribution in [2.75, 3.05) is 0 Å². The molecule has 1 N–H and O–H groups in total. The summed E-state index contributed by atoms with van der Waals surface area (Å²) in [5.74, 6) is 0.488. The standard InChI is InChI=1S/C13H19BrOS/c1-13(15,10-5-3-2-4-6-10)8-12-7-11(14)9-16-12/h7,9-10,15H,2-6,8H2,1H3. The molecule has 0 saturated heterocycles. The first-order valence-corrected chi connectivity index (χ1v) is 7.70. The van der Waals surface area contributed by atoms with E-state index in [-0.39, 0.29) is 0 Å². The van der Waals surface area contributed by atoms with Crippen molar-refractivity contribution < 1.29 is 5.11 Å². The van der Waals surface area contributed by atoms with Crippen LogP contribution in [-0.4, -0.2) is 10.7 Å². The maximum atomic E-state index is 10.6. The Morgan fingerprint density at radius 1 is 1.44 bits per heavy atom. The van der Waals surface area contributed by atoms with Gasteiger partial charge in [0.05, 0.1) is 5.60 Å². The first kappa shape index (κ1) is 12.6. The highest BCUT2D eigenvalue weighted by Crippen LogP contribution is 2.36. The topological polar surface area (TPSA) is 20.2 Å². The fourth-order valence-electron chi connectivity index (χ4n) is 2.67. The van der Waals surface area contributed by atoms with Crippen molar-refractivity contribution in [3.05, 3.63) is 20.8 Å². The van der Waals surface area contributed by atoms with Gasteiger partial charge in [-0.15, -0.1) is 11.3 Å². The SMILES string of the molecule is CC(O)(Cc1cc(Br)cs1)C1CCCCC1. The zero-order chi connectivity index (χ0) is 11.6. The molecular formula is C13H19BrOS. The lowest BCUT2D eigenvalue weighted by Crippen LogP contribution is -2.37. The summed E-state index contributed by atoms with van der Waals surface area (Å²) in [4.78, 5) is 1.28. The minimum Gasteiger partial charge on any atom is -0.390 e. The van der Waals surface area contributed by atoms with E-state index in [1.807, 2.05) is 6.92 Å². The molecule has 0 aliphatic heterocycles. The van der Waals surface area contributed by atoms with Gasteiger partial charge in [0.2, 0.25) is 0 Å². The van der Waals surface area contributed by atoms with Crippen LogP contribution in [0.2, 0.25) is 0 Å². The Balaban J connectivity index is 2.00. The average molecular weight is 303 g/mol. The monoisotopic (exact) mass is 302 g/mol. The van der Waals surface area contributed by atoms with Gasteiger partial charge in [-0.1, -0.05) is 19.3 Å². The Morgan fingerprint density at radius 3 is 2.69 bits per heavy atom. The van der Waals surface area contributed by atoms with Gasteiger partial charge >= 0.3 is 0 Å². The molecule has 1 fully saturated rings. The minimum atomic E-state index is -0.523. The predicted molar refractivity (Wildman–Crippen MR) is 72.9 cm³/mol. The Kier molecular flexibility index (Phi) is 4.09. The van der Waals surface area contributed by atoms with E-state index in [1.54, 1.807) is 11.3 Å². The van der Waals surface area contributed by atoms with Crippen molar-refractivity contribution in [2.45, 2.75) is 51.0 Å². The maximum Gasteiger partial charge on any atom is 0.0695 e. The van der Waals surface area contributed by atoms with E-state index in [9.17, 15) is 5.11 Å². The van der Waals surface area contributed by atoms with Crippen LogP contribution in [0.4, 0.5) is 0 Å². The molecule has 1 nitrogen and oxygen atoms in total. The summed E-state index contributed by atoms with van der Waals surface area (Å²) >= 11 is 5.20. The molecule has 1 aromatic rings. The van der Waals surface area contributed by atoms with Gasteiger partial charge in [0, 0.05) is 21.2 Å². The average Bonchev–Trinajstić information content (AvgIpc) is 2.64. The van der Waals surface area contributed by atoms with Gasteiger partial charge in [-0.25, -0.2) is 0 Å². The van der Waals surface area contributed by atoms with Crippen LogP contribution in [-0.2, 0) is 6.42 Å². The molecule has 1 aliphatic carbocycles. The Morgan fingerprint density at radius 2 is 2.12 bits per heavy atom. The molecule has 3 heteroatoms. The van der Waals surface area contributed by atoms with E-state index < -0.39 is 5.60 Å². The molecular weight excluding hydrogens is 284 g/mol. The first-order chi connectivity index (χ1) is 7.58. The second-order valence-corrected chi connectivity index (χ2v) is 7.01. The molecule has 16 heavy (non-hydrogen) atoms. The highest BCUT2D eigenvalue weighted by Gasteiger charge is 2.33. The van der Waals surface area contributed by atoms with Gasteiger partial charge in [-0.2, -0.15) is 0 Å². The summed E-state index contributed by atoms with van der Waals surface area (Å²) in [6.07, 6.45) is 7.11. The number of hydrogen-bond acceptors (Lipinski definition) is 2. The summed E-state index contributed by atoms with van der Waals surface area (Å²) in [6.45, 7) is 2.01. The molecule has 1 unspecified atom stereocenters. The molecule has 0 bridgehead atoms. The Hall–Kier alpha value is 0.140. The number of thiophene rings is 1. The van der Waals surface area contributed by atoms with E-state index in [0.29, 0.717) is 5.92 Å². The summed E-state index contributed by atoms with van der Waals surface area (Å²) < 4.78 is 1.13. The molecule has 0 aromatic carbocycles. The molecule has 90 valence electrons. The quantitative estimate of drug-likeness (QED) is 0.878. The second-order valence-electron chi connectivity index (χ2n) is 5.10. The summed E-state index contributed by atoms with van der Waals surface area (Å²) in [7, 11) is 0. The van der Waals surface area contributed by atoms with E-state index >= 15 is 0 Å². The summed E-state index contributed by atoms with van der Waals surface area (Å²) in [5, 5.41) is 12.7. The van der Waals surface area contributed by atoms with Crippen LogP contribution < -0.4 is 0 Å². The number of hydrogen-bond donors (Lipinski definition) is 1. The third-order valence-corrected chi connectivity index (χ3v) is 5.34. The summed E-state index contributed by atoms with van der Waals surface area (Å²) in [5.41, 5.74) is -0.523.